The highest BCUT2D eigenvalue weighted by molar-refractivity contribution is 5.86. The number of para-hydroxylation sites is 1. The molecule has 3 nitrogen and oxygen atoms in total. The maximum atomic E-state index is 10.8. The molecule has 0 saturated heterocycles. The summed E-state index contributed by atoms with van der Waals surface area (Å²) in [5.74, 6) is -1.48. The van der Waals surface area contributed by atoms with Crippen LogP contribution in [0.25, 0.3) is 10.9 Å². The van der Waals surface area contributed by atoms with Crippen LogP contribution in [0.2, 0.25) is 0 Å². The summed E-state index contributed by atoms with van der Waals surface area (Å²) in [6.07, 6.45) is -0.960. The summed E-state index contributed by atoms with van der Waals surface area (Å²) in [7, 11) is 0. The molecule has 0 aliphatic rings. The smallest absolute Gasteiger partial charge is 0.307 e. The summed E-state index contributed by atoms with van der Waals surface area (Å²) in [6, 6.07) is 7.02. The van der Waals surface area contributed by atoms with Crippen molar-refractivity contribution in [2.75, 3.05) is 0 Å². The standard InChI is InChI=1S/C10H9NO2/c12-10(13)5-7-6-11-9-4-2-1-3-8(7)9/h1-4,6,11H,5H2,(H,12,13)/i5D2. The van der Waals surface area contributed by atoms with Crippen molar-refractivity contribution >= 4 is 16.9 Å². The lowest BCUT2D eigenvalue weighted by Crippen LogP contribution is -1.98. The first-order valence-corrected chi connectivity index (χ1v) is 3.83. The summed E-state index contributed by atoms with van der Waals surface area (Å²) in [5, 5.41) is 9.39. The first kappa shape index (κ1) is 5.80. The first-order chi connectivity index (χ1) is 7.03. The van der Waals surface area contributed by atoms with Gasteiger partial charge in [0.2, 0.25) is 0 Å². The number of carbonyl (C=O) groups is 1. The van der Waals surface area contributed by atoms with Crippen molar-refractivity contribution in [3.8, 4) is 0 Å². The van der Waals surface area contributed by atoms with Gasteiger partial charge in [-0.3, -0.25) is 4.79 Å². The lowest BCUT2D eigenvalue weighted by Gasteiger charge is -1.92. The van der Waals surface area contributed by atoms with Crippen LogP contribution in [0.4, 0.5) is 0 Å². The van der Waals surface area contributed by atoms with E-state index < -0.39 is 12.3 Å². The number of carboxylic acids is 1. The van der Waals surface area contributed by atoms with Gasteiger partial charge in [-0.15, -0.1) is 0 Å². The third kappa shape index (κ3) is 1.40. The maximum absolute atomic E-state index is 10.8. The molecule has 2 N–H and O–H groups in total. The average molecular weight is 177 g/mol. The van der Waals surface area contributed by atoms with E-state index in [1.165, 1.54) is 6.20 Å². The molecule has 0 amide bonds. The number of carboxylic acid groups (broad SMARTS) is 1. The highest BCUT2D eigenvalue weighted by Gasteiger charge is 2.05. The third-order valence-corrected chi connectivity index (χ3v) is 1.83. The molecule has 2 aromatic rings. The zero-order valence-electron chi connectivity index (χ0n) is 8.74. The number of fused-ring (bicyclic) bond motifs is 1. The summed E-state index contributed by atoms with van der Waals surface area (Å²) in [6.45, 7) is 0. The van der Waals surface area contributed by atoms with Crippen LogP contribution in [0.15, 0.2) is 30.5 Å². The molecule has 0 unspecified atom stereocenters. The van der Waals surface area contributed by atoms with Gasteiger partial charge in [-0.05, 0) is 11.6 Å². The largest absolute Gasteiger partial charge is 0.481 e. The Balaban J connectivity index is 2.67. The number of benzene rings is 1. The Morgan fingerprint density at radius 2 is 2.31 bits per heavy atom. The highest BCUT2D eigenvalue weighted by atomic mass is 16.4. The number of aromatic amines is 1. The Morgan fingerprint density at radius 1 is 1.54 bits per heavy atom. The van der Waals surface area contributed by atoms with Gasteiger partial charge in [-0.1, -0.05) is 18.2 Å². The average Bonchev–Trinajstić information content (AvgIpc) is 2.61. The summed E-state index contributed by atoms with van der Waals surface area (Å²) in [5.41, 5.74) is 0.892. The first-order valence-electron chi connectivity index (χ1n) is 4.83. The van der Waals surface area contributed by atoms with E-state index in [9.17, 15) is 4.79 Å². The molecule has 0 saturated carbocycles. The van der Waals surface area contributed by atoms with Gasteiger partial charge in [0.1, 0.15) is 0 Å². The molecule has 0 radical (unpaired) electrons. The quantitative estimate of drug-likeness (QED) is 0.734. The second-order valence-electron chi connectivity index (χ2n) is 2.68. The van der Waals surface area contributed by atoms with Gasteiger partial charge in [-0.2, -0.15) is 0 Å². The van der Waals surface area contributed by atoms with Crippen molar-refractivity contribution < 1.29 is 12.6 Å². The predicted molar refractivity (Wildman–Crippen MR) is 49.6 cm³/mol. The molecule has 2 rings (SSSR count). The molecule has 0 bridgehead atoms. The Hall–Kier alpha value is -1.77. The van der Waals surface area contributed by atoms with E-state index in [4.69, 9.17) is 7.85 Å². The van der Waals surface area contributed by atoms with Crippen molar-refractivity contribution in [3.63, 3.8) is 0 Å². The number of hydrogen-bond donors (Lipinski definition) is 2. The molecule has 1 heterocycles. The van der Waals surface area contributed by atoms with Crippen LogP contribution in [-0.2, 0) is 11.2 Å². The van der Waals surface area contributed by atoms with Crippen molar-refractivity contribution in [2.45, 2.75) is 6.37 Å². The van der Waals surface area contributed by atoms with Crippen molar-refractivity contribution in [3.05, 3.63) is 36.0 Å². The van der Waals surface area contributed by atoms with Gasteiger partial charge in [0.25, 0.3) is 0 Å². The van der Waals surface area contributed by atoms with Crippen molar-refractivity contribution in [1.82, 2.24) is 4.98 Å². The lowest BCUT2D eigenvalue weighted by molar-refractivity contribution is -0.136. The van der Waals surface area contributed by atoms with Gasteiger partial charge < -0.3 is 10.1 Å². The van der Waals surface area contributed by atoms with Gasteiger partial charge >= 0.3 is 5.97 Å². The summed E-state index contributed by atoms with van der Waals surface area (Å²) < 4.78 is 14.9. The van der Waals surface area contributed by atoms with E-state index in [0.717, 1.165) is 5.52 Å². The number of rotatable bonds is 2. The highest BCUT2D eigenvalue weighted by Crippen LogP contribution is 2.17. The van der Waals surface area contributed by atoms with Crippen LogP contribution in [0.3, 0.4) is 0 Å². The lowest BCUT2D eigenvalue weighted by atomic mass is 10.1. The second-order valence-corrected chi connectivity index (χ2v) is 2.68. The Bertz CT molecular complexity index is 519. The number of H-pyrrole nitrogens is 1. The maximum Gasteiger partial charge on any atom is 0.307 e. The van der Waals surface area contributed by atoms with Crippen LogP contribution < -0.4 is 0 Å². The van der Waals surface area contributed by atoms with Crippen LogP contribution in [0.1, 0.15) is 8.30 Å². The van der Waals surface area contributed by atoms with Gasteiger partial charge in [0.05, 0.1) is 6.37 Å². The van der Waals surface area contributed by atoms with E-state index in [0.29, 0.717) is 5.39 Å². The van der Waals surface area contributed by atoms with Crippen LogP contribution in [0, 0.1) is 0 Å². The SMILES string of the molecule is [2H]C([2H])(C(=O)O)c1c[nH]c2ccccc12. The minimum atomic E-state index is -2.36. The molecule has 13 heavy (non-hydrogen) atoms. The minimum absolute atomic E-state index is 0.158. The van der Waals surface area contributed by atoms with Crippen LogP contribution in [-0.4, -0.2) is 16.1 Å². The zero-order chi connectivity index (χ0) is 11.1. The molecule has 66 valence electrons. The predicted octanol–water partition coefficient (Wildman–Crippen LogP) is 1.79. The molecule has 1 aromatic carbocycles. The van der Waals surface area contributed by atoms with Crippen LogP contribution >= 0.6 is 0 Å². The van der Waals surface area contributed by atoms with Crippen molar-refractivity contribution in [2.24, 2.45) is 0 Å². The molecule has 0 aliphatic carbocycles. The number of aromatic nitrogens is 1. The summed E-state index contributed by atoms with van der Waals surface area (Å²) >= 11 is 0. The van der Waals surface area contributed by atoms with E-state index in [1.54, 1.807) is 24.3 Å². The Morgan fingerprint density at radius 3 is 3.08 bits per heavy atom. The molecule has 1 aromatic heterocycles. The number of nitrogens with one attached hydrogen (secondary N) is 1. The number of hydrogen-bond acceptors (Lipinski definition) is 1. The third-order valence-electron chi connectivity index (χ3n) is 1.83. The monoisotopic (exact) mass is 177 g/mol. The Kier molecular flexibility index (Phi) is 1.31. The molecular formula is C10H9NO2. The molecule has 0 aliphatic heterocycles. The topological polar surface area (TPSA) is 53.1 Å². The number of aliphatic carboxylic acids is 1. The van der Waals surface area contributed by atoms with E-state index in [1.807, 2.05) is 0 Å². The van der Waals surface area contributed by atoms with Gasteiger partial charge in [-0.25, -0.2) is 0 Å². The van der Waals surface area contributed by atoms with Crippen LogP contribution in [0.5, 0.6) is 0 Å². The van der Waals surface area contributed by atoms with E-state index in [-0.39, 0.29) is 5.56 Å². The minimum Gasteiger partial charge on any atom is -0.481 e. The normalized spacial score (nSPS) is 13.8. The zero-order valence-corrected chi connectivity index (χ0v) is 6.74. The fourth-order valence-electron chi connectivity index (χ4n) is 1.29. The summed E-state index contributed by atoms with van der Waals surface area (Å²) in [4.78, 5) is 13.6. The Labute approximate surface area is 77.8 Å². The fraction of sp³-hybridized carbons (Fsp3) is 0.100. The second kappa shape index (κ2) is 2.94. The van der Waals surface area contributed by atoms with E-state index >= 15 is 0 Å². The van der Waals surface area contributed by atoms with Gasteiger partial charge in [0.15, 0.2) is 0 Å². The van der Waals surface area contributed by atoms with E-state index in [2.05, 4.69) is 4.98 Å². The molecule has 0 fully saturated rings. The fourth-order valence-corrected chi connectivity index (χ4v) is 1.29. The van der Waals surface area contributed by atoms with Gasteiger partial charge in [0, 0.05) is 19.8 Å². The molecule has 0 spiro atoms. The molecular weight excluding hydrogens is 166 g/mol. The van der Waals surface area contributed by atoms with Crippen molar-refractivity contribution in [1.29, 1.82) is 0 Å². The molecule has 0 atom stereocenters. The molecule has 3 heteroatoms.